The lowest BCUT2D eigenvalue weighted by Crippen LogP contribution is -2.46. The molecule has 9 heteroatoms. The number of hydrogen-bond acceptors (Lipinski definition) is 6. The van der Waals surface area contributed by atoms with Gasteiger partial charge in [-0.3, -0.25) is 4.79 Å². The van der Waals surface area contributed by atoms with Crippen LogP contribution in [-0.4, -0.2) is 62.1 Å². The second-order valence-corrected chi connectivity index (χ2v) is 12.5. The summed E-state index contributed by atoms with van der Waals surface area (Å²) in [6.45, 7) is 7.07. The van der Waals surface area contributed by atoms with Crippen molar-refractivity contribution in [3.8, 4) is 0 Å². The van der Waals surface area contributed by atoms with Gasteiger partial charge in [0.05, 0.1) is 17.5 Å². The van der Waals surface area contributed by atoms with Crippen molar-refractivity contribution >= 4 is 32.4 Å². The van der Waals surface area contributed by atoms with E-state index in [0.717, 1.165) is 10.9 Å². The van der Waals surface area contributed by atoms with Crippen LogP contribution in [0.2, 0.25) is 0 Å². The molecule has 3 aromatic rings. The van der Waals surface area contributed by atoms with Gasteiger partial charge in [0.1, 0.15) is 0 Å². The molecule has 218 valence electrons. The first kappa shape index (κ1) is 31.5. The number of likely N-dealkylation sites (N-methyl/N-ethyl adjacent to an activating group) is 1. The minimum Gasteiger partial charge on any atom is -0.399 e. The molecule has 0 bridgehead atoms. The van der Waals surface area contributed by atoms with E-state index in [1.54, 1.807) is 12.1 Å². The van der Waals surface area contributed by atoms with Gasteiger partial charge in [0.25, 0.3) is 0 Å². The van der Waals surface area contributed by atoms with E-state index in [1.165, 1.54) is 21.8 Å². The van der Waals surface area contributed by atoms with Gasteiger partial charge in [-0.2, -0.15) is 4.31 Å². The van der Waals surface area contributed by atoms with Crippen molar-refractivity contribution in [2.24, 2.45) is 5.92 Å². The van der Waals surface area contributed by atoms with Crippen LogP contribution in [-0.2, 0) is 21.2 Å². The number of unbranched alkanes of at least 4 members (excludes halogenated alkanes) is 1. The molecule has 0 spiro atoms. The highest BCUT2D eigenvalue weighted by Gasteiger charge is 2.31. The van der Waals surface area contributed by atoms with Crippen LogP contribution in [0, 0.1) is 5.92 Å². The summed E-state index contributed by atoms with van der Waals surface area (Å²) < 4.78 is 28.3. The van der Waals surface area contributed by atoms with Crippen LogP contribution >= 0.6 is 0 Å². The van der Waals surface area contributed by atoms with E-state index in [0.29, 0.717) is 51.0 Å². The molecule has 0 aliphatic heterocycles. The summed E-state index contributed by atoms with van der Waals surface area (Å²) in [5.41, 5.74) is 7.32. The number of rotatable bonds is 16. The summed E-state index contributed by atoms with van der Waals surface area (Å²) in [6, 6.07) is 19.7. The smallest absolute Gasteiger partial charge is 0.243 e. The zero-order valence-electron chi connectivity index (χ0n) is 23.8. The zero-order chi connectivity index (χ0) is 29.1. The Kier molecular flexibility index (Phi) is 11.9. The van der Waals surface area contributed by atoms with Crippen molar-refractivity contribution in [2.45, 2.75) is 63.4 Å². The van der Waals surface area contributed by atoms with Gasteiger partial charge in [-0.25, -0.2) is 8.42 Å². The highest BCUT2D eigenvalue weighted by Crippen LogP contribution is 2.23. The Hall–Kier alpha value is -2.98. The number of nitrogens with two attached hydrogens (primary N) is 1. The number of carbonyl (C=O) groups is 1. The number of sulfonamides is 1. The highest BCUT2D eigenvalue weighted by molar-refractivity contribution is 7.89. The van der Waals surface area contributed by atoms with Gasteiger partial charge in [-0.1, -0.05) is 69.7 Å². The van der Waals surface area contributed by atoms with Crippen LogP contribution < -0.4 is 16.4 Å². The van der Waals surface area contributed by atoms with E-state index in [1.807, 2.05) is 32.9 Å². The highest BCUT2D eigenvalue weighted by atomic mass is 32.2. The molecular formula is C31H44N4O4S. The van der Waals surface area contributed by atoms with E-state index in [4.69, 9.17) is 5.73 Å². The van der Waals surface area contributed by atoms with Gasteiger partial charge in [0.2, 0.25) is 15.9 Å². The SMILES string of the molecule is CCN[C@@H](Cc1ccc2ccccc2c1)C(=O)NCCCC[C@@H](CO)N(CC(C)C)S(=O)(=O)c1ccc(N)cc1. The van der Waals surface area contributed by atoms with Crippen LogP contribution in [0.15, 0.2) is 71.6 Å². The van der Waals surface area contributed by atoms with Gasteiger partial charge < -0.3 is 21.5 Å². The fraction of sp³-hybridized carbons (Fsp3) is 0.452. The second kappa shape index (κ2) is 15.1. The van der Waals surface area contributed by atoms with E-state index in [9.17, 15) is 18.3 Å². The number of nitrogens with zero attached hydrogens (tertiary/aromatic N) is 1. The van der Waals surface area contributed by atoms with Crippen molar-refractivity contribution in [3.63, 3.8) is 0 Å². The minimum atomic E-state index is -3.80. The zero-order valence-corrected chi connectivity index (χ0v) is 24.7. The maximum absolute atomic E-state index is 13.4. The summed E-state index contributed by atoms with van der Waals surface area (Å²) in [4.78, 5) is 13.1. The second-order valence-electron chi connectivity index (χ2n) is 10.7. The largest absolute Gasteiger partial charge is 0.399 e. The molecule has 1 amide bonds. The molecule has 0 aromatic heterocycles. The van der Waals surface area contributed by atoms with Crippen molar-refractivity contribution in [2.75, 3.05) is 32.0 Å². The first-order valence-electron chi connectivity index (χ1n) is 14.1. The molecule has 0 aliphatic rings. The van der Waals surface area contributed by atoms with Crippen molar-refractivity contribution in [1.29, 1.82) is 0 Å². The Labute approximate surface area is 239 Å². The molecule has 40 heavy (non-hydrogen) atoms. The van der Waals surface area contributed by atoms with Crippen LogP contribution in [0.1, 0.15) is 45.6 Å². The topological polar surface area (TPSA) is 125 Å². The van der Waals surface area contributed by atoms with Gasteiger partial charge >= 0.3 is 0 Å². The molecule has 0 heterocycles. The van der Waals surface area contributed by atoms with Crippen LogP contribution in [0.25, 0.3) is 10.8 Å². The first-order chi connectivity index (χ1) is 19.1. The molecule has 0 unspecified atom stereocenters. The summed E-state index contributed by atoms with van der Waals surface area (Å²) in [5.74, 6) is 0.0311. The number of carbonyl (C=O) groups excluding carboxylic acids is 1. The van der Waals surface area contributed by atoms with Crippen molar-refractivity contribution < 1.29 is 18.3 Å². The molecular weight excluding hydrogens is 524 g/mol. The maximum atomic E-state index is 13.4. The molecule has 0 aliphatic carbocycles. The standard InChI is InChI=1S/C31H44N4O4S/c1-4-33-30(20-24-12-13-25-9-5-6-10-26(25)19-24)31(37)34-18-8-7-11-28(22-36)35(21-23(2)3)40(38,39)29-16-14-27(32)15-17-29/h5-6,9-10,12-17,19,23,28,30,33,36H,4,7-8,11,18,20-22,32H2,1-3H3,(H,34,37)/t28-,30-/m0/s1. The summed E-state index contributed by atoms with van der Waals surface area (Å²) in [7, 11) is -3.80. The lowest BCUT2D eigenvalue weighted by Gasteiger charge is -2.31. The third-order valence-corrected chi connectivity index (χ3v) is 8.87. The van der Waals surface area contributed by atoms with Crippen molar-refractivity contribution in [1.82, 2.24) is 14.9 Å². The number of hydrogen-bond donors (Lipinski definition) is 4. The van der Waals surface area contributed by atoms with Crippen LogP contribution in [0.5, 0.6) is 0 Å². The monoisotopic (exact) mass is 568 g/mol. The molecule has 2 atom stereocenters. The number of fused-ring (bicyclic) bond motifs is 1. The summed E-state index contributed by atoms with van der Waals surface area (Å²) in [6.07, 6.45) is 2.41. The quantitative estimate of drug-likeness (QED) is 0.153. The Morgan fingerprint density at radius 2 is 1.70 bits per heavy atom. The van der Waals surface area contributed by atoms with Crippen LogP contribution in [0.3, 0.4) is 0 Å². The number of benzene rings is 3. The lowest BCUT2D eigenvalue weighted by atomic mass is 10.0. The summed E-state index contributed by atoms with van der Waals surface area (Å²) in [5, 5.41) is 18.8. The van der Waals surface area contributed by atoms with Crippen LogP contribution in [0.4, 0.5) is 5.69 Å². The molecule has 0 radical (unpaired) electrons. The molecule has 3 rings (SSSR count). The third kappa shape index (κ3) is 8.76. The number of anilines is 1. The Morgan fingerprint density at radius 3 is 2.35 bits per heavy atom. The Balaban J connectivity index is 1.55. The molecule has 0 saturated heterocycles. The van der Waals surface area contributed by atoms with Gasteiger partial charge in [-0.05, 0) is 72.3 Å². The van der Waals surface area contributed by atoms with Gasteiger partial charge in [-0.15, -0.1) is 0 Å². The Morgan fingerprint density at radius 1 is 1.00 bits per heavy atom. The van der Waals surface area contributed by atoms with Gasteiger partial charge in [0.15, 0.2) is 0 Å². The van der Waals surface area contributed by atoms with E-state index < -0.39 is 16.1 Å². The summed E-state index contributed by atoms with van der Waals surface area (Å²) >= 11 is 0. The predicted octanol–water partition coefficient (Wildman–Crippen LogP) is 3.94. The number of aliphatic hydroxyl groups is 1. The third-order valence-electron chi connectivity index (χ3n) is 6.93. The number of amides is 1. The number of aliphatic hydroxyl groups excluding tert-OH is 1. The van der Waals surface area contributed by atoms with Crippen molar-refractivity contribution in [3.05, 3.63) is 72.3 Å². The first-order valence-corrected chi connectivity index (χ1v) is 15.6. The fourth-order valence-corrected chi connectivity index (χ4v) is 6.66. The maximum Gasteiger partial charge on any atom is 0.243 e. The molecule has 8 nitrogen and oxygen atoms in total. The lowest BCUT2D eigenvalue weighted by molar-refractivity contribution is -0.123. The number of nitrogens with one attached hydrogen (secondary N) is 2. The van der Waals surface area contributed by atoms with E-state index in [-0.39, 0.29) is 29.4 Å². The Bertz CT molecular complexity index is 1330. The normalized spacial score (nSPS) is 13.6. The minimum absolute atomic E-state index is 0.0546. The molecule has 5 N–H and O–H groups in total. The molecule has 3 aromatic carbocycles. The van der Waals surface area contributed by atoms with Gasteiger partial charge in [0, 0.05) is 24.8 Å². The average Bonchev–Trinajstić information content (AvgIpc) is 2.93. The van der Waals surface area contributed by atoms with E-state index >= 15 is 0 Å². The molecule has 0 saturated carbocycles. The number of nitrogen functional groups attached to an aromatic ring is 1. The average molecular weight is 569 g/mol. The van der Waals surface area contributed by atoms with E-state index in [2.05, 4.69) is 41.0 Å². The fourth-order valence-electron chi connectivity index (χ4n) is 4.85. The predicted molar refractivity (Wildman–Crippen MR) is 162 cm³/mol. The molecule has 0 fully saturated rings.